The lowest BCUT2D eigenvalue weighted by molar-refractivity contribution is 0.0767. The van der Waals surface area contributed by atoms with E-state index in [4.69, 9.17) is 0 Å². The van der Waals surface area contributed by atoms with Crippen LogP contribution in [0.5, 0.6) is 0 Å². The van der Waals surface area contributed by atoms with Crippen molar-refractivity contribution >= 4 is 0 Å². The second kappa shape index (κ2) is 5.50. The molecule has 0 aromatic rings. The van der Waals surface area contributed by atoms with Crippen LogP contribution in [0.3, 0.4) is 0 Å². The highest BCUT2D eigenvalue weighted by Gasteiger charge is 2.36. The molecule has 0 aliphatic heterocycles. The summed E-state index contributed by atoms with van der Waals surface area (Å²) in [4.78, 5) is 0. The van der Waals surface area contributed by atoms with Crippen LogP contribution < -0.4 is 5.32 Å². The predicted octanol–water partition coefficient (Wildman–Crippen LogP) is 2.85. The quantitative estimate of drug-likeness (QED) is 0.728. The Hall–Kier alpha value is -0.0800. The van der Waals surface area contributed by atoms with Gasteiger partial charge in [0.15, 0.2) is 0 Å². The molecule has 0 bridgehead atoms. The number of aliphatic hydroxyl groups is 1. The molecule has 2 fully saturated rings. The molecule has 2 N–H and O–H groups in total. The Morgan fingerprint density at radius 3 is 2.44 bits per heavy atom. The number of nitrogens with one attached hydrogen (secondary N) is 1. The molecule has 1 atom stereocenters. The van der Waals surface area contributed by atoms with Crippen molar-refractivity contribution < 1.29 is 5.11 Å². The number of hydrogen-bond donors (Lipinski definition) is 2. The fourth-order valence-corrected chi connectivity index (χ4v) is 3.33. The molecule has 2 saturated carbocycles. The van der Waals surface area contributed by atoms with E-state index in [9.17, 15) is 5.11 Å². The first-order valence-electron chi connectivity index (χ1n) is 7.13. The molecule has 2 rings (SSSR count). The van der Waals surface area contributed by atoms with Gasteiger partial charge in [0.05, 0.1) is 6.61 Å². The van der Waals surface area contributed by atoms with Gasteiger partial charge in [-0.1, -0.05) is 25.7 Å². The fraction of sp³-hybridized carbons (Fsp3) is 1.00. The Bertz CT molecular complexity index is 201. The molecular formula is C14H27NO. The largest absolute Gasteiger partial charge is 0.394 e. The van der Waals surface area contributed by atoms with E-state index in [-0.39, 0.29) is 5.54 Å². The summed E-state index contributed by atoms with van der Waals surface area (Å²) in [5.74, 6) is 0.996. The SMILES string of the molecule is CC(CCC1CCCC1)NC1(CO)CCC1. The van der Waals surface area contributed by atoms with Gasteiger partial charge in [-0.25, -0.2) is 0 Å². The zero-order chi connectivity index (χ0) is 11.4. The third-order valence-electron chi connectivity index (χ3n) is 4.65. The Morgan fingerprint density at radius 2 is 1.94 bits per heavy atom. The number of aliphatic hydroxyl groups excluding tert-OH is 1. The van der Waals surface area contributed by atoms with Gasteiger partial charge in [-0.05, 0) is 44.9 Å². The zero-order valence-electron chi connectivity index (χ0n) is 10.7. The minimum absolute atomic E-state index is 0.0924. The zero-order valence-corrected chi connectivity index (χ0v) is 10.7. The summed E-state index contributed by atoms with van der Waals surface area (Å²) < 4.78 is 0. The van der Waals surface area contributed by atoms with Gasteiger partial charge in [0.25, 0.3) is 0 Å². The van der Waals surface area contributed by atoms with Gasteiger partial charge in [0.1, 0.15) is 0 Å². The molecule has 0 saturated heterocycles. The van der Waals surface area contributed by atoms with Crippen molar-refractivity contribution in [3.8, 4) is 0 Å². The number of hydrogen-bond acceptors (Lipinski definition) is 2. The Morgan fingerprint density at radius 1 is 1.25 bits per heavy atom. The van der Waals surface area contributed by atoms with Crippen molar-refractivity contribution in [2.24, 2.45) is 5.92 Å². The molecule has 0 spiro atoms. The van der Waals surface area contributed by atoms with Crippen LogP contribution in [0.25, 0.3) is 0 Å². The van der Waals surface area contributed by atoms with Gasteiger partial charge in [-0.15, -0.1) is 0 Å². The normalized spacial score (nSPS) is 26.6. The smallest absolute Gasteiger partial charge is 0.0613 e. The Balaban J connectivity index is 1.65. The van der Waals surface area contributed by atoms with E-state index in [2.05, 4.69) is 12.2 Å². The van der Waals surface area contributed by atoms with Gasteiger partial charge in [-0.3, -0.25) is 0 Å². The van der Waals surface area contributed by atoms with Crippen molar-refractivity contribution in [2.75, 3.05) is 6.61 Å². The van der Waals surface area contributed by atoms with Crippen LogP contribution >= 0.6 is 0 Å². The predicted molar refractivity (Wildman–Crippen MR) is 67.5 cm³/mol. The van der Waals surface area contributed by atoms with E-state index in [1.54, 1.807) is 0 Å². The standard InChI is InChI=1S/C14H27NO/c1-12(7-8-13-5-2-3-6-13)15-14(11-16)9-4-10-14/h12-13,15-16H,2-11H2,1H3. The van der Waals surface area contributed by atoms with Gasteiger partial charge >= 0.3 is 0 Å². The summed E-state index contributed by atoms with van der Waals surface area (Å²) in [7, 11) is 0. The Labute approximate surface area is 99.8 Å². The van der Waals surface area contributed by atoms with E-state index >= 15 is 0 Å². The molecule has 0 aromatic heterocycles. The van der Waals surface area contributed by atoms with Crippen LogP contribution in [0.4, 0.5) is 0 Å². The molecule has 2 heteroatoms. The van der Waals surface area contributed by atoms with E-state index in [0.29, 0.717) is 12.6 Å². The molecule has 2 nitrogen and oxygen atoms in total. The first-order chi connectivity index (χ1) is 7.74. The van der Waals surface area contributed by atoms with Crippen molar-refractivity contribution in [3.63, 3.8) is 0 Å². The van der Waals surface area contributed by atoms with E-state index in [0.717, 1.165) is 18.8 Å². The topological polar surface area (TPSA) is 32.3 Å². The maximum Gasteiger partial charge on any atom is 0.0613 e. The molecule has 2 aliphatic carbocycles. The molecule has 94 valence electrons. The highest BCUT2D eigenvalue weighted by Crippen LogP contribution is 2.33. The maximum absolute atomic E-state index is 9.40. The minimum atomic E-state index is 0.0924. The van der Waals surface area contributed by atoms with Crippen molar-refractivity contribution in [1.82, 2.24) is 5.32 Å². The van der Waals surface area contributed by atoms with Crippen LogP contribution in [0.1, 0.15) is 64.7 Å². The summed E-state index contributed by atoms with van der Waals surface area (Å²) in [6.45, 7) is 2.60. The molecular weight excluding hydrogens is 198 g/mol. The molecule has 0 aromatic carbocycles. The van der Waals surface area contributed by atoms with Gasteiger partial charge in [0, 0.05) is 11.6 Å². The average molecular weight is 225 g/mol. The van der Waals surface area contributed by atoms with Crippen molar-refractivity contribution in [2.45, 2.75) is 76.3 Å². The highest BCUT2D eigenvalue weighted by atomic mass is 16.3. The van der Waals surface area contributed by atoms with Crippen LogP contribution in [0.15, 0.2) is 0 Å². The van der Waals surface area contributed by atoms with Gasteiger partial charge in [-0.2, -0.15) is 0 Å². The number of rotatable bonds is 6. The molecule has 16 heavy (non-hydrogen) atoms. The highest BCUT2D eigenvalue weighted by molar-refractivity contribution is 4.96. The fourth-order valence-electron chi connectivity index (χ4n) is 3.33. The van der Waals surface area contributed by atoms with Crippen molar-refractivity contribution in [1.29, 1.82) is 0 Å². The molecule has 0 heterocycles. The van der Waals surface area contributed by atoms with Crippen molar-refractivity contribution in [3.05, 3.63) is 0 Å². The third-order valence-corrected chi connectivity index (χ3v) is 4.65. The summed E-state index contributed by atoms with van der Waals surface area (Å²) in [5, 5.41) is 13.1. The first-order valence-corrected chi connectivity index (χ1v) is 7.13. The van der Waals surface area contributed by atoms with Crippen LogP contribution in [0.2, 0.25) is 0 Å². The van der Waals surface area contributed by atoms with Crippen LogP contribution in [-0.4, -0.2) is 23.3 Å². The first kappa shape index (κ1) is 12.4. The van der Waals surface area contributed by atoms with E-state index < -0.39 is 0 Å². The van der Waals surface area contributed by atoms with Crippen LogP contribution in [0, 0.1) is 5.92 Å². The Kier molecular flexibility index (Phi) is 4.26. The second-order valence-electron chi connectivity index (χ2n) is 6.07. The van der Waals surface area contributed by atoms with Gasteiger partial charge in [0.2, 0.25) is 0 Å². The molecule has 0 amide bonds. The van der Waals surface area contributed by atoms with Crippen LogP contribution in [-0.2, 0) is 0 Å². The van der Waals surface area contributed by atoms with E-state index in [1.165, 1.54) is 44.9 Å². The monoisotopic (exact) mass is 225 g/mol. The molecule has 1 unspecified atom stereocenters. The lowest BCUT2D eigenvalue weighted by Gasteiger charge is -2.43. The summed E-state index contributed by atoms with van der Waals surface area (Å²) in [5.41, 5.74) is 0.0924. The van der Waals surface area contributed by atoms with E-state index in [1.807, 2.05) is 0 Å². The minimum Gasteiger partial charge on any atom is -0.394 e. The summed E-state index contributed by atoms with van der Waals surface area (Å²) in [6.07, 6.45) is 12.1. The lowest BCUT2D eigenvalue weighted by atomic mass is 9.76. The average Bonchev–Trinajstić information content (AvgIpc) is 2.73. The third kappa shape index (κ3) is 2.98. The summed E-state index contributed by atoms with van der Waals surface area (Å²) >= 11 is 0. The lowest BCUT2D eigenvalue weighted by Crippen LogP contribution is -2.56. The van der Waals surface area contributed by atoms with Gasteiger partial charge < -0.3 is 10.4 Å². The molecule has 0 radical (unpaired) electrons. The maximum atomic E-state index is 9.40. The second-order valence-corrected chi connectivity index (χ2v) is 6.07. The molecule has 2 aliphatic rings. The summed E-state index contributed by atoms with van der Waals surface area (Å²) in [6, 6.07) is 0.577.